The van der Waals surface area contributed by atoms with Crippen LogP contribution in [0.15, 0.2) is 0 Å². The summed E-state index contributed by atoms with van der Waals surface area (Å²) in [5.41, 5.74) is -4.11. The monoisotopic (exact) mass is 201 g/mol. The number of halogens is 3. The van der Waals surface area contributed by atoms with Crippen LogP contribution in [0.3, 0.4) is 0 Å². The summed E-state index contributed by atoms with van der Waals surface area (Å²) in [4.78, 5) is 0. The van der Waals surface area contributed by atoms with Crippen molar-refractivity contribution in [1.82, 2.24) is 5.32 Å². The number of alkyl halides is 3. The fourth-order valence-electron chi connectivity index (χ4n) is 0.596. The molecular formula is C7H14F3NS. The zero-order valence-electron chi connectivity index (χ0n) is 7.24. The maximum absolute atomic E-state index is 11.6. The lowest BCUT2D eigenvalue weighted by atomic mass is 10.1. The van der Waals surface area contributed by atoms with Crippen LogP contribution >= 0.6 is 11.8 Å². The van der Waals surface area contributed by atoms with Gasteiger partial charge in [0.25, 0.3) is 0 Å². The molecule has 0 aromatic rings. The standard InChI is InChI=1S/C7H14F3NS/c1-6(2)3-4-11-5-12-7(8,9)10/h6,11H,3-5H2,1-2H3. The lowest BCUT2D eigenvalue weighted by Gasteiger charge is -2.08. The third-order valence-electron chi connectivity index (χ3n) is 1.24. The van der Waals surface area contributed by atoms with Gasteiger partial charge in [0.2, 0.25) is 0 Å². The van der Waals surface area contributed by atoms with Crippen LogP contribution in [0, 0.1) is 5.92 Å². The number of hydrogen-bond donors (Lipinski definition) is 1. The molecule has 0 unspecified atom stereocenters. The number of hydrogen-bond acceptors (Lipinski definition) is 2. The zero-order chi connectivity index (χ0) is 9.61. The van der Waals surface area contributed by atoms with E-state index in [-0.39, 0.29) is 17.6 Å². The molecule has 0 aliphatic rings. The fraction of sp³-hybridized carbons (Fsp3) is 1.00. The molecule has 0 saturated heterocycles. The van der Waals surface area contributed by atoms with Crippen molar-refractivity contribution in [2.24, 2.45) is 5.92 Å². The predicted octanol–water partition coefficient (Wildman–Crippen LogP) is 2.83. The van der Waals surface area contributed by atoms with E-state index in [0.29, 0.717) is 12.5 Å². The van der Waals surface area contributed by atoms with Crippen LogP contribution in [0.5, 0.6) is 0 Å². The first-order valence-electron chi connectivity index (χ1n) is 3.83. The van der Waals surface area contributed by atoms with Crippen molar-refractivity contribution in [3.05, 3.63) is 0 Å². The highest BCUT2D eigenvalue weighted by Gasteiger charge is 2.27. The van der Waals surface area contributed by atoms with Gasteiger partial charge in [0.05, 0.1) is 5.88 Å². The summed E-state index contributed by atoms with van der Waals surface area (Å²) >= 11 is -0.0259. The first-order chi connectivity index (χ1) is 5.42. The van der Waals surface area contributed by atoms with Crippen molar-refractivity contribution < 1.29 is 13.2 Å². The molecule has 0 saturated carbocycles. The molecule has 0 amide bonds. The van der Waals surface area contributed by atoms with Gasteiger partial charge in [-0.2, -0.15) is 13.2 Å². The molecule has 74 valence electrons. The first-order valence-corrected chi connectivity index (χ1v) is 4.82. The second-order valence-electron chi connectivity index (χ2n) is 2.92. The first kappa shape index (κ1) is 12.1. The molecule has 0 aliphatic heterocycles. The van der Waals surface area contributed by atoms with Crippen molar-refractivity contribution in [2.45, 2.75) is 25.8 Å². The van der Waals surface area contributed by atoms with Gasteiger partial charge in [0, 0.05) is 0 Å². The molecule has 0 radical (unpaired) electrons. The van der Waals surface area contributed by atoms with Crippen LogP contribution in [-0.2, 0) is 0 Å². The van der Waals surface area contributed by atoms with Gasteiger partial charge in [-0.1, -0.05) is 13.8 Å². The van der Waals surface area contributed by atoms with E-state index in [0.717, 1.165) is 6.42 Å². The quantitative estimate of drug-likeness (QED) is 0.542. The van der Waals surface area contributed by atoms with E-state index in [1.807, 2.05) is 13.8 Å². The molecule has 0 heterocycles. The Labute approximate surface area is 75.1 Å². The van der Waals surface area contributed by atoms with Gasteiger partial charge in [-0.15, -0.1) is 0 Å². The molecule has 0 aromatic carbocycles. The second-order valence-corrected chi connectivity index (χ2v) is 3.96. The van der Waals surface area contributed by atoms with Gasteiger partial charge in [-0.3, -0.25) is 0 Å². The Balaban J connectivity index is 3.12. The van der Waals surface area contributed by atoms with E-state index in [4.69, 9.17) is 0 Å². The molecule has 0 aromatic heterocycles. The SMILES string of the molecule is CC(C)CCNCSC(F)(F)F. The summed E-state index contributed by atoms with van der Waals surface area (Å²) in [6.45, 7) is 4.73. The molecule has 0 fully saturated rings. The summed E-state index contributed by atoms with van der Waals surface area (Å²) < 4.78 is 34.7. The van der Waals surface area contributed by atoms with Crippen LogP contribution in [0.2, 0.25) is 0 Å². The number of rotatable bonds is 5. The average molecular weight is 201 g/mol. The maximum atomic E-state index is 11.6. The lowest BCUT2D eigenvalue weighted by Crippen LogP contribution is -2.18. The van der Waals surface area contributed by atoms with Gasteiger partial charge >= 0.3 is 5.51 Å². The Morgan fingerprint density at radius 3 is 2.33 bits per heavy atom. The highest BCUT2D eigenvalue weighted by molar-refractivity contribution is 8.00. The molecule has 0 bridgehead atoms. The molecule has 1 nitrogen and oxygen atoms in total. The summed E-state index contributed by atoms with van der Waals surface area (Å²) in [5.74, 6) is 0.490. The smallest absolute Gasteiger partial charge is 0.308 e. The summed E-state index contributed by atoms with van der Waals surface area (Å²) in [6.07, 6.45) is 0.915. The van der Waals surface area contributed by atoms with E-state index in [2.05, 4.69) is 5.32 Å². The van der Waals surface area contributed by atoms with Crippen LogP contribution in [0.1, 0.15) is 20.3 Å². The van der Waals surface area contributed by atoms with Crippen LogP contribution in [0.4, 0.5) is 13.2 Å². The maximum Gasteiger partial charge on any atom is 0.443 e. The average Bonchev–Trinajstić information content (AvgIpc) is 1.83. The molecule has 1 N–H and O–H groups in total. The summed E-state index contributed by atoms with van der Waals surface area (Å²) in [5, 5.41) is 2.72. The minimum absolute atomic E-state index is 0.0259. The predicted molar refractivity (Wildman–Crippen MR) is 46.0 cm³/mol. The topological polar surface area (TPSA) is 12.0 Å². The Morgan fingerprint density at radius 1 is 1.33 bits per heavy atom. The van der Waals surface area contributed by atoms with Crippen LogP contribution < -0.4 is 5.32 Å². The van der Waals surface area contributed by atoms with E-state index in [9.17, 15) is 13.2 Å². The molecule has 0 spiro atoms. The summed E-state index contributed by atoms with van der Waals surface area (Å²) in [7, 11) is 0. The molecule has 0 rings (SSSR count). The molecule has 12 heavy (non-hydrogen) atoms. The van der Waals surface area contributed by atoms with E-state index in [1.54, 1.807) is 0 Å². The highest BCUT2D eigenvalue weighted by Crippen LogP contribution is 2.28. The number of nitrogens with one attached hydrogen (secondary N) is 1. The molecule has 0 atom stereocenters. The van der Waals surface area contributed by atoms with E-state index in [1.165, 1.54) is 0 Å². The van der Waals surface area contributed by atoms with Gasteiger partial charge in [0.1, 0.15) is 0 Å². The van der Waals surface area contributed by atoms with Gasteiger partial charge in [-0.25, -0.2) is 0 Å². The number of thioether (sulfide) groups is 1. The van der Waals surface area contributed by atoms with E-state index >= 15 is 0 Å². The third-order valence-corrected chi connectivity index (χ3v) is 1.91. The fourth-order valence-corrected chi connectivity index (χ4v) is 1.01. The lowest BCUT2D eigenvalue weighted by molar-refractivity contribution is -0.0328. The van der Waals surface area contributed by atoms with Crippen molar-refractivity contribution in [1.29, 1.82) is 0 Å². The van der Waals surface area contributed by atoms with Crippen molar-refractivity contribution >= 4 is 11.8 Å². The van der Waals surface area contributed by atoms with Crippen molar-refractivity contribution in [2.75, 3.05) is 12.4 Å². The zero-order valence-corrected chi connectivity index (χ0v) is 8.06. The Bertz CT molecular complexity index is 114. The Kier molecular flexibility index (Phi) is 5.74. The van der Waals surface area contributed by atoms with Crippen LogP contribution in [-0.4, -0.2) is 17.9 Å². The summed E-state index contributed by atoms with van der Waals surface area (Å²) in [6, 6.07) is 0. The van der Waals surface area contributed by atoms with Gasteiger partial charge in [0.15, 0.2) is 0 Å². The largest absolute Gasteiger partial charge is 0.443 e. The third kappa shape index (κ3) is 10.1. The van der Waals surface area contributed by atoms with Gasteiger partial charge < -0.3 is 5.32 Å². The van der Waals surface area contributed by atoms with Gasteiger partial charge in [-0.05, 0) is 30.6 Å². The normalized spacial score (nSPS) is 12.5. The van der Waals surface area contributed by atoms with E-state index < -0.39 is 5.51 Å². The second kappa shape index (κ2) is 5.70. The molecule has 0 aliphatic carbocycles. The Hall–Kier alpha value is 0.100. The van der Waals surface area contributed by atoms with Crippen molar-refractivity contribution in [3.8, 4) is 0 Å². The minimum Gasteiger partial charge on any atom is -0.308 e. The molecular weight excluding hydrogens is 187 g/mol. The highest BCUT2D eigenvalue weighted by atomic mass is 32.2. The van der Waals surface area contributed by atoms with Crippen LogP contribution in [0.25, 0.3) is 0 Å². The minimum atomic E-state index is -4.11. The Morgan fingerprint density at radius 2 is 1.92 bits per heavy atom. The molecule has 5 heteroatoms. The van der Waals surface area contributed by atoms with Crippen molar-refractivity contribution in [3.63, 3.8) is 0 Å².